The van der Waals surface area contributed by atoms with Gasteiger partial charge in [-0.25, -0.2) is 0 Å². The largest absolute Gasteiger partial charge is 0.310 e. The monoisotopic (exact) mass is 851 g/mol. The lowest BCUT2D eigenvalue weighted by Gasteiger charge is -2.36. The summed E-state index contributed by atoms with van der Waals surface area (Å²) >= 11 is 0. The lowest BCUT2D eigenvalue weighted by atomic mass is 9.67. The van der Waals surface area contributed by atoms with Gasteiger partial charge in [0.15, 0.2) is 0 Å². The second kappa shape index (κ2) is 15.6. The molecule has 2 aliphatic carbocycles. The second-order valence-electron chi connectivity index (χ2n) is 18.0. The minimum Gasteiger partial charge on any atom is -0.310 e. The number of hydrogen-bond donors (Lipinski definition) is 0. The maximum absolute atomic E-state index is 2.48. The molecule has 0 fully saturated rings. The predicted octanol–water partition coefficient (Wildman–Crippen LogP) is 16.7. The highest BCUT2D eigenvalue weighted by atomic mass is 15.1. The van der Waals surface area contributed by atoms with Gasteiger partial charge >= 0.3 is 0 Å². The third-order valence-corrected chi connectivity index (χ3v) is 14.6. The molecule has 0 aromatic heterocycles. The molecule has 0 spiro atoms. The van der Waals surface area contributed by atoms with Gasteiger partial charge in [0.1, 0.15) is 0 Å². The van der Waals surface area contributed by atoms with Crippen molar-refractivity contribution in [3.05, 3.63) is 317 Å². The fraction of sp³-hybridized carbons (Fsp3) is 0.0303. The van der Waals surface area contributed by atoms with E-state index >= 15 is 0 Å². The first kappa shape index (κ1) is 38.9. The number of fused-ring (bicyclic) bond motifs is 7. The van der Waals surface area contributed by atoms with Gasteiger partial charge in [0.05, 0.1) is 10.8 Å². The summed E-state index contributed by atoms with van der Waals surface area (Å²) in [5.41, 5.74) is 19.8. The van der Waals surface area contributed by atoms with Crippen LogP contribution in [-0.4, -0.2) is 0 Å². The molecule has 0 amide bonds. The van der Waals surface area contributed by atoms with Crippen LogP contribution >= 0.6 is 0 Å². The summed E-state index contributed by atoms with van der Waals surface area (Å²) in [5, 5.41) is 2.49. The Labute approximate surface area is 392 Å². The molecule has 0 atom stereocenters. The van der Waals surface area contributed by atoms with E-state index in [9.17, 15) is 0 Å². The molecule has 0 bridgehead atoms. The van der Waals surface area contributed by atoms with E-state index in [1.807, 2.05) is 0 Å². The van der Waals surface area contributed by atoms with E-state index in [0.29, 0.717) is 0 Å². The summed E-state index contributed by atoms with van der Waals surface area (Å²) in [4.78, 5) is 2.48. The van der Waals surface area contributed by atoms with Crippen molar-refractivity contribution >= 4 is 27.8 Å². The predicted molar refractivity (Wildman–Crippen MR) is 279 cm³/mol. The molecular formula is C66H45N. The van der Waals surface area contributed by atoms with Gasteiger partial charge in [-0.2, -0.15) is 0 Å². The van der Waals surface area contributed by atoms with Crippen molar-refractivity contribution in [2.45, 2.75) is 10.8 Å². The summed E-state index contributed by atoms with van der Waals surface area (Å²) in [6.07, 6.45) is 0. The van der Waals surface area contributed by atoms with Crippen LogP contribution in [0.1, 0.15) is 44.5 Å². The Kier molecular flexibility index (Phi) is 9.05. The molecule has 0 N–H and O–H groups in total. The fourth-order valence-electron chi connectivity index (χ4n) is 11.8. The normalized spacial score (nSPS) is 13.6. The highest BCUT2D eigenvalue weighted by molar-refractivity contribution is 5.93. The lowest BCUT2D eigenvalue weighted by Crippen LogP contribution is -2.29. The molecular weight excluding hydrogens is 807 g/mol. The number of anilines is 3. The van der Waals surface area contributed by atoms with Crippen LogP contribution in [0.4, 0.5) is 17.1 Å². The van der Waals surface area contributed by atoms with Crippen molar-refractivity contribution < 1.29 is 0 Å². The van der Waals surface area contributed by atoms with Crippen molar-refractivity contribution in [3.63, 3.8) is 0 Å². The first-order valence-electron chi connectivity index (χ1n) is 23.3. The molecule has 0 aliphatic heterocycles. The number of rotatable bonds is 8. The van der Waals surface area contributed by atoms with Crippen molar-refractivity contribution in [2.24, 2.45) is 0 Å². The van der Waals surface area contributed by atoms with Crippen LogP contribution in [0.5, 0.6) is 0 Å². The smallest absolute Gasteiger partial charge is 0.0714 e. The average molecular weight is 852 g/mol. The first-order chi connectivity index (χ1) is 33.2. The van der Waals surface area contributed by atoms with Crippen LogP contribution in [0.2, 0.25) is 0 Å². The Bertz CT molecular complexity index is 3350. The van der Waals surface area contributed by atoms with Gasteiger partial charge in [-0.1, -0.05) is 231 Å². The minimum atomic E-state index is -0.536. The summed E-state index contributed by atoms with van der Waals surface area (Å²) in [5.74, 6) is 0. The lowest BCUT2D eigenvalue weighted by molar-refractivity contribution is 0.767. The Morgan fingerprint density at radius 3 is 1.04 bits per heavy atom. The molecule has 314 valence electrons. The number of benzene rings is 11. The van der Waals surface area contributed by atoms with Gasteiger partial charge in [-0.3, -0.25) is 0 Å². The number of nitrogens with zero attached hydrogens (tertiary/aromatic N) is 1. The van der Waals surface area contributed by atoms with Crippen LogP contribution < -0.4 is 4.90 Å². The zero-order valence-corrected chi connectivity index (χ0v) is 36.9. The first-order valence-corrected chi connectivity index (χ1v) is 23.3. The molecule has 11 aromatic rings. The van der Waals surface area contributed by atoms with E-state index in [4.69, 9.17) is 0 Å². The molecule has 0 heterocycles. The maximum atomic E-state index is 2.48. The molecule has 0 unspecified atom stereocenters. The summed E-state index contributed by atoms with van der Waals surface area (Å²) in [6.45, 7) is 0. The van der Waals surface area contributed by atoms with Gasteiger partial charge in [0.25, 0.3) is 0 Å². The highest BCUT2D eigenvalue weighted by Crippen LogP contribution is 2.59. The van der Waals surface area contributed by atoms with Crippen molar-refractivity contribution in [2.75, 3.05) is 4.90 Å². The van der Waals surface area contributed by atoms with E-state index in [-0.39, 0.29) is 0 Å². The topological polar surface area (TPSA) is 3.24 Å². The minimum absolute atomic E-state index is 0.536. The van der Waals surface area contributed by atoms with Crippen LogP contribution in [0.3, 0.4) is 0 Å². The van der Waals surface area contributed by atoms with Crippen molar-refractivity contribution in [3.8, 4) is 33.4 Å². The van der Waals surface area contributed by atoms with Crippen molar-refractivity contribution in [1.29, 1.82) is 0 Å². The Morgan fingerprint density at radius 1 is 0.224 bits per heavy atom. The van der Waals surface area contributed by atoms with Gasteiger partial charge in [-0.05, 0) is 131 Å². The molecule has 1 nitrogen and oxygen atoms in total. The molecule has 11 aromatic carbocycles. The third-order valence-electron chi connectivity index (χ3n) is 14.6. The van der Waals surface area contributed by atoms with E-state index < -0.39 is 10.8 Å². The Hall–Kier alpha value is -8.52. The molecule has 2 aliphatic rings. The van der Waals surface area contributed by atoms with Crippen LogP contribution in [0, 0.1) is 0 Å². The van der Waals surface area contributed by atoms with Gasteiger partial charge in [0, 0.05) is 17.1 Å². The van der Waals surface area contributed by atoms with E-state index in [1.165, 1.54) is 88.7 Å². The van der Waals surface area contributed by atoms with Gasteiger partial charge < -0.3 is 4.90 Å². The zero-order chi connectivity index (χ0) is 44.4. The SMILES string of the molecule is c1ccc(C2(c3ccccc3)c3ccccc3-c3ccc(N(c4ccc(-c5ccc6ccccc6c5)cc4)c4ccc5c(c4)C(c4ccccc4)(c4ccccc4)c4ccccc4-5)cc32)cc1. The zero-order valence-electron chi connectivity index (χ0n) is 36.9. The molecule has 0 saturated heterocycles. The average Bonchev–Trinajstić information content (AvgIpc) is 3.88. The van der Waals surface area contributed by atoms with E-state index in [0.717, 1.165) is 17.1 Å². The Morgan fingerprint density at radius 2 is 0.582 bits per heavy atom. The fourth-order valence-corrected chi connectivity index (χ4v) is 11.8. The number of hydrogen-bond acceptors (Lipinski definition) is 1. The van der Waals surface area contributed by atoms with Crippen molar-refractivity contribution in [1.82, 2.24) is 0 Å². The van der Waals surface area contributed by atoms with Crippen LogP contribution in [0.15, 0.2) is 273 Å². The molecule has 67 heavy (non-hydrogen) atoms. The quantitative estimate of drug-likeness (QED) is 0.147. The molecule has 1 heteroatoms. The highest BCUT2D eigenvalue weighted by Gasteiger charge is 2.48. The molecule has 0 radical (unpaired) electrons. The molecule has 0 saturated carbocycles. The third kappa shape index (κ3) is 5.88. The van der Waals surface area contributed by atoms with E-state index in [1.54, 1.807) is 0 Å². The standard InChI is InChI=1S/C66H45N/c1-5-21-50(22-6-1)65(51-23-7-2-8-24-51)61-31-17-15-29-57(61)59-41-39-55(44-63(59)65)67(54-37-35-47(36-38-54)49-34-33-46-19-13-14-20-48(46)43-49)56-40-42-60-58-30-16-18-32-62(58)66(64(60)45-56,52-25-9-3-10-26-52)53-27-11-4-12-28-53/h1-45H. The summed E-state index contributed by atoms with van der Waals surface area (Å²) < 4.78 is 0. The summed E-state index contributed by atoms with van der Waals surface area (Å²) in [7, 11) is 0. The second-order valence-corrected chi connectivity index (χ2v) is 18.0. The Balaban J connectivity index is 1.06. The molecule has 13 rings (SSSR count). The maximum Gasteiger partial charge on any atom is 0.0714 e. The van der Waals surface area contributed by atoms with Crippen LogP contribution in [-0.2, 0) is 10.8 Å². The van der Waals surface area contributed by atoms with Crippen LogP contribution in [0.25, 0.3) is 44.2 Å². The van der Waals surface area contributed by atoms with Gasteiger partial charge in [-0.15, -0.1) is 0 Å². The van der Waals surface area contributed by atoms with E-state index in [2.05, 4.69) is 278 Å². The summed E-state index contributed by atoms with van der Waals surface area (Å²) in [6, 6.07) is 101. The van der Waals surface area contributed by atoms with Gasteiger partial charge in [0.2, 0.25) is 0 Å².